The first kappa shape index (κ1) is 92.5. The number of rotatable bonds is 11. The number of nitrogen functional groups attached to an aromatic ring is 5. The monoisotopic (exact) mass is 1950 g/mol. The standard InChI is InChI=1S/C22H19N5O2.C21H18N6O3.2C21H18N6O2.C20H15FN6O2/c1-14-3-2-4-16(11-14)26-8-7-15-12-17(5-6-18(15)26)27-9-10-29-21-19(22(27)28)20(23)24-13-25-21;1-29-16-5-3-2-4-15(16)27-7-6-13-10-14(11-23-19(13)27)26-8-9-30-20-17(21(26)28)18(22)24-12-25-20;1-13-2-4-15(5-3-13)26-7-6-14-10-16(11-23-19(14)26)27-8-9-29-20-17(21(27)28)18(22)24-12-25-20;1-13-3-2-4-15(9-13)26-6-5-14-10-16(11-23-19(14)26)27-7-8-29-20-17(21(27)28)18(22)24-12-25-20;21-13-1-3-14(4-2-13)26-6-5-12-9-15(10-23-18(12)26)27-7-8-29-19-16(20(27)28)17(22)24-11-25-19/h2-8,11-13H,9-10H2,1H3,(H2,23,24,25);2-7,10-12H,8-9H2,1H3,(H2,22,24,25);2-7,10-12H,8-9H2,1H3,(H2,22,24,25);2-6,9-12H,7-8H2,1H3,(H2,22,24,25);1-6,9-11H,7-8H2,(H2,22,24,25). The lowest BCUT2D eigenvalue weighted by Crippen LogP contribution is -2.32. The Morgan fingerprint density at radius 3 is 0.945 bits per heavy atom. The topological polar surface area (TPSA) is 492 Å². The van der Waals surface area contributed by atoms with Crippen LogP contribution in [0.3, 0.4) is 0 Å². The summed E-state index contributed by atoms with van der Waals surface area (Å²) in [6, 6.07) is 62.2. The molecule has 20 aromatic rings. The first-order chi connectivity index (χ1) is 71.1. The van der Waals surface area contributed by atoms with E-state index in [-0.39, 0.29) is 135 Å². The van der Waals surface area contributed by atoms with Gasteiger partial charge in [0.2, 0.25) is 29.4 Å². The van der Waals surface area contributed by atoms with Gasteiger partial charge in [0.25, 0.3) is 29.5 Å². The first-order valence-corrected chi connectivity index (χ1v) is 46.0. The van der Waals surface area contributed by atoms with Crippen LogP contribution in [0.15, 0.2) is 282 Å². The molecule has 0 saturated heterocycles. The number of para-hydroxylation sites is 2. The van der Waals surface area contributed by atoms with Crippen molar-refractivity contribution in [3.05, 3.63) is 332 Å². The van der Waals surface area contributed by atoms with Crippen LogP contribution in [0, 0.1) is 26.6 Å². The predicted molar refractivity (Wildman–Crippen MR) is 546 cm³/mol. The minimum absolute atomic E-state index is 0.0726. The van der Waals surface area contributed by atoms with Crippen LogP contribution in [0.5, 0.6) is 35.1 Å². The smallest absolute Gasteiger partial charge is 0.267 e. The number of benzene rings is 6. The molecule has 0 saturated carbocycles. The number of hydrogen-bond donors (Lipinski definition) is 5. The minimum Gasteiger partial charge on any atom is -0.495 e. The second-order valence-corrected chi connectivity index (χ2v) is 34.0. The summed E-state index contributed by atoms with van der Waals surface area (Å²) < 4.78 is 56.6. The van der Waals surface area contributed by atoms with E-state index in [0.29, 0.717) is 80.9 Å². The molecule has 5 amide bonds. The van der Waals surface area contributed by atoms with Crippen LogP contribution in [-0.4, -0.2) is 195 Å². The summed E-state index contributed by atoms with van der Waals surface area (Å²) in [6.07, 6.45) is 22.9. The fraction of sp³-hybridized carbons (Fsp3) is 0.133. The van der Waals surface area contributed by atoms with Gasteiger partial charge in [0.15, 0.2) is 0 Å². The van der Waals surface area contributed by atoms with Crippen molar-refractivity contribution in [1.82, 2.24) is 92.6 Å². The maximum atomic E-state index is 13.2. The van der Waals surface area contributed by atoms with Gasteiger partial charge in [0, 0.05) is 86.4 Å². The Morgan fingerprint density at radius 1 is 0.281 bits per heavy atom. The molecule has 0 fully saturated rings. The van der Waals surface area contributed by atoms with Crippen molar-refractivity contribution < 1.29 is 56.8 Å². The zero-order valence-corrected chi connectivity index (χ0v) is 78.6. The Bertz CT molecular complexity index is 8120. The minimum atomic E-state index is -0.338. The summed E-state index contributed by atoms with van der Waals surface area (Å²) in [5, 5.41) is 4.62. The Morgan fingerprint density at radius 2 is 0.582 bits per heavy atom. The fourth-order valence-electron chi connectivity index (χ4n) is 17.7. The van der Waals surface area contributed by atoms with Gasteiger partial charge in [-0.1, -0.05) is 54.1 Å². The number of amides is 5. The van der Waals surface area contributed by atoms with Gasteiger partial charge >= 0.3 is 0 Å². The SMILES string of the molecule is COc1ccccc1-n1ccc2cc(N3CCOc4ncnc(N)c4C3=O)cnc21.Cc1ccc(-n2ccc3cc(N4CCOc5ncnc(N)c5C4=O)cnc32)cc1.Cc1cccc(-n2ccc3cc(N4CCOc5ncnc(N)c5C4=O)ccc32)c1.Cc1cccc(-n2ccc3cc(N4CCOc5ncnc(N)c5C4=O)cnc32)c1.Nc1ncnc2c1C(=O)N(c1cnc3c(ccn3-c3ccc(F)cc3)c1)CCO2. The van der Waals surface area contributed by atoms with E-state index in [0.717, 1.165) is 89.3 Å². The second-order valence-electron chi connectivity index (χ2n) is 34.0. The Balaban J connectivity index is 0.000000107. The van der Waals surface area contributed by atoms with Gasteiger partial charge in [-0.15, -0.1) is 0 Å². The highest BCUT2D eigenvalue weighted by molar-refractivity contribution is 6.15. The molecule has 146 heavy (non-hydrogen) atoms. The molecule has 0 unspecified atom stereocenters. The van der Waals surface area contributed by atoms with Crippen LogP contribution in [-0.2, 0) is 0 Å². The van der Waals surface area contributed by atoms with Crippen molar-refractivity contribution in [2.24, 2.45) is 0 Å². The third kappa shape index (κ3) is 18.0. The summed E-state index contributed by atoms with van der Waals surface area (Å²) >= 11 is 0. The second kappa shape index (κ2) is 39.4. The highest BCUT2D eigenvalue weighted by atomic mass is 19.1. The lowest BCUT2D eigenvalue weighted by atomic mass is 10.1. The number of anilines is 10. The normalized spacial score (nSPS) is 13.8. The maximum absolute atomic E-state index is 13.2. The van der Waals surface area contributed by atoms with Crippen molar-refractivity contribution in [3.63, 3.8) is 0 Å². The van der Waals surface area contributed by atoms with E-state index >= 15 is 0 Å². The molecule has 0 bridgehead atoms. The van der Waals surface area contributed by atoms with Gasteiger partial charge in [-0.05, 0) is 177 Å². The van der Waals surface area contributed by atoms with E-state index in [4.69, 9.17) is 57.1 Å². The molecule has 5 aliphatic rings. The molecule has 25 rings (SSSR count). The number of aromatic nitrogens is 19. The molecular weight excluding hydrogens is 1860 g/mol. The van der Waals surface area contributed by atoms with Crippen molar-refractivity contribution >= 4 is 142 Å². The van der Waals surface area contributed by atoms with Crippen molar-refractivity contribution in [2.45, 2.75) is 20.8 Å². The number of nitrogens with two attached hydrogens (primary N) is 5. The number of aryl methyl sites for hydroxylation is 3. The van der Waals surface area contributed by atoms with Crippen LogP contribution in [0.25, 0.3) is 83.5 Å². The number of hydrogen-bond acceptors (Lipinski definition) is 30. The van der Waals surface area contributed by atoms with Gasteiger partial charge in [-0.2, -0.15) is 0 Å². The van der Waals surface area contributed by atoms with Crippen LogP contribution < -0.4 is 81.6 Å². The van der Waals surface area contributed by atoms with Gasteiger partial charge in [-0.25, -0.2) is 74.2 Å². The number of methoxy groups -OCH3 is 1. The van der Waals surface area contributed by atoms with E-state index in [1.54, 1.807) is 68.5 Å². The Hall–Kier alpha value is -19.9. The average molecular weight is 1950 g/mol. The molecule has 6 aromatic carbocycles. The molecule has 41 heteroatoms. The summed E-state index contributed by atoms with van der Waals surface area (Å²) in [4.78, 5) is 132. The number of nitrogens with zero attached hydrogens (tertiary/aromatic N) is 24. The molecular formula is C105H88FN29O11. The van der Waals surface area contributed by atoms with Gasteiger partial charge < -0.3 is 99.9 Å². The van der Waals surface area contributed by atoms with E-state index < -0.39 is 0 Å². The quantitative estimate of drug-likeness (QED) is 0.0803. The maximum Gasteiger partial charge on any atom is 0.267 e. The van der Waals surface area contributed by atoms with Gasteiger partial charge in [-0.3, -0.25) is 28.5 Å². The third-order valence-corrected chi connectivity index (χ3v) is 24.9. The van der Waals surface area contributed by atoms with Crippen LogP contribution in [0.1, 0.15) is 68.5 Å². The summed E-state index contributed by atoms with van der Waals surface area (Å²) in [5.41, 5.74) is 46.4. The van der Waals surface area contributed by atoms with Gasteiger partial charge in [0.1, 0.15) is 156 Å². The van der Waals surface area contributed by atoms with Crippen LogP contribution in [0.4, 0.5) is 61.9 Å². The number of pyridine rings is 4. The summed E-state index contributed by atoms with van der Waals surface area (Å²) in [5.74, 6) is 0.476. The Kier molecular flexibility index (Phi) is 25.0. The molecule has 5 aliphatic heterocycles. The third-order valence-electron chi connectivity index (χ3n) is 24.9. The first-order valence-electron chi connectivity index (χ1n) is 46.0. The summed E-state index contributed by atoms with van der Waals surface area (Å²) in [7, 11) is 1.64. The average Bonchev–Trinajstić information content (AvgIpc) is 1.62. The molecule has 0 atom stereocenters. The molecule has 19 heterocycles. The van der Waals surface area contributed by atoms with Crippen LogP contribution >= 0.6 is 0 Å². The number of ether oxygens (including phenoxy) is 6. The van der Waals surface area contributed by atoms with Gasteiger partial charge in [0.05, 0.1) is 98.6 Å². The Labute approximate surface area is 829 Å². The number of carbonyl (C=O) groups excluding carboxylic acids is 5. The molecule has 0 aliphatic carbocycles. The number of fused-ring (bicyclic) bond motifs is 10. The van der Waals surface area contributed by atoms with Crippen molar-refractivity contribution in [2.75, 3.05) is 126 Å². The highest BCUT2D eigenvalue weighted by Crippen LogP contribution is 2.39. The zero-order chi connectivity index (χ0) is 100. The fourth-order valence-corrected chi connectivity index (χ4v) is 17.7. The zero-order valence-electron chi connectivity index (χ0n) is 78.6. The van der Waals surface area contributed by atoms with Crippen molar-refractivity contribution in [3.8, 4) is 63.6 Å². The molecule has 14 aromatic heterocycles. The number of halogens is 1. The molecule has 726 valence electrons. The summed E-state index contributed by atoms with van der Waals surface area (Å²) in [6.45, 7) is 9.47. The molecule has 10 N–H and O–H groups in total. The van der Waals surface area contributed by atoms with Crippen LogP contribution in [0.2, 0.25) is 0 Å². The highest BCUT2D eigenvalue weighted by Gasteiger charge is 2.36. The number of carbonyl (C=O) groups is 5. The lowest BCUT2D eigenvalue weighted by molar-refractivity contribution is 0.0982. The predicted octanol–water partition coefficient (Wildman–Crippen LogP) is 13.9. The van der Waals surface area contributed by atoms with E-state index in [9.17, 15) is 28.4 Å². The molecule has 0 radical (unpaired) electrons. The molecule has 40 nitrogen and oxygen atoms in total. The van der Waals surface area contributed by atoms with Crippen molar-refractivity contribution in [1.29, 1.82) is 0 Å². The molecule has 0 spiro atoms. The van der Waals surface area contributed by atoms with E-state index in [1.807, 2.05) is 165 Å². The van der Waals surface area contributed by atoms with E-state index in [1.165, 1.54) is 60.5 Å². The lowest BCUT2D eigenvalue weighted by Gasteiger charge is -2.20. The largest absolute Gasteiger partial charge is 0.495 e. The van der Waals surface area contributed by atoms with E-state index in [2.05, 4.69) is 150 Å².